The molecule has 0 amide bonds. The minimum absolute atomic E-state index is 0.0555. The van der Waals surface area contributed by atoms with Crippen LogP contribution in [0.15, 0.2) is 0 Å². The number of hydrogen-bond acceptors (Lipinski definition) is 6. The normalized spacial score (nSPS) is 35.2. The van der Waals surface area contributed by atoms with Gasteiger partial charge in [0.15, 0.2) is 0 Å². The minimum atomic E-state index is -0.366. The van der Waals surface area contributed by atoms with Crippen molar-refractivity contribution in [3.05, 3.63) is 0 Å². The molecule has 6 nitrogen and oxygen atoms in total. The van der Waals surface area contributed by atoms with E-state index in [1.807, 2.05) is 0 Å². The smallest absolute Gasteiger partial charge is 0.309 e. The van der Waals surface area contributed by atoms with Crippen molar-refractivity contribution in [3.8, 4) is 0 Å². The van der Waals surface area contributed by atoms with Crippen LogP contribution in [0.4, 0.5) is 0 Å². The quantitative estimate of drug-likeness (QED) is 0.527. The second-order valence-corrected chi connectivity index (χ2v) is 5.67. The fourth-order valence-electron chi connectivity index (χ4n) is 2.59. The molecule has 0 N–H and O–H groups in total. The van der Waals surface area contributed by atoms with Gasteiger partial charge in [0.25, 0.3) is 0 Å². The first-order chi connectivity index (χ1) is 9.74. The SMILES string of the molecule is O=C(OC[C@H]1CO1)[C@@H]1CCCC[C@H]1C(=O)OC[C@H]1CO1. The third kappa shape index (κ3) is 3.70. The molecule has 0 aromatic carbocycles. The molecule has 0 radical (unpaired) electrons. The zero-order chi connectivity index (χ0) is 13.9. The van der Waals surface area contributed by atoms with Crippen LogP contribution < -0.4 is 0 Å². The summed E-state index contributed by atoms with van der Waals surface area (Å²) in [6.07, 6.45) is 3.42. The molecule has 1 saturated carbocycles. The third-order valence-corrected chi connectivity index (χ3v) is 4.00. The zero-order valence-electron chi connectivity index (χ0n) is 11.4. The van der Waals surface area contributed by atoms with Crippen LogP contribution in [0, 0.1) is 11.8 Å². The molecule has 3 aliphatic rings. The van der Waals surface area contributed by atoms with Crippen molar-refractivity contribution in [1.82, 2.24) is 0 Å². The Bertz CT molecular complexity index is 338. The molecule has 1 aliphatic carbocycles. The average Bonchev–Trinajstić information content (AvgIpc) is 3.36. The maximum absolute atomic E-state index is 12.1. The maximum Gasteiger partial charge on any atom is 0.309 e. The van der Waals surface area contributed by atoms with Gasteiger partial charge in [-0.25, -0.2) is 0 Å². The summed E-state index contributed by atoms with van der Waals surface area (Å²) >= 11 is 0. The Kier molecular flexibility index (Phi) is 4.21. The standard InChI is InChI=1S/C14H20O6/c15-13(19-7-9-5-17-9)11-3-1-2-4-12(11)14(16)20-8-10-6-18-10/h9-12H,1-8H2/t9-,10-,11-,12-/m1/s1. The molecule has 6 heteroatoms. The number of carbonyl (C=O) groups is 2. The van der Waals surface area contributed by atoms with Crippen molar-refractivity contribution in [1.29, 1.82) is 0 Å². The van der Waals surface area contributed by atoms with Crippen molar-refractivity contribution in [3.63, 3.8) is 0 Å². The van der Waals surface area contributed by atoms with E-state index in [-0.39, 0.29) is 36.0 Å². The zero-order valence-corrected chi connectivity index (χ0v) is 11.4. The summed E-state index contributed by atoms with van der Waals surface area (Å²) in [6.45, 7) is 1.91. The van der Waals surface area contributed by atoms with Gasteiger partial charge < -0.3 is 18.9 Å². The van der Waals surface area contributed by atoms with Crippen molar-refractivity contribution < 1.29 is 28.5 Å². The largest absolute Gasteiger partial charge is 0.463 e. The monoisotopic (exact) mass is 284 g/mol. The van der Waals surface area contributed by atoms with Crippen LogP contribution in [-0.4, -0.2) is 50.6 Å². The fourth-order valence-corrected chi connectivity index (χ4v) is 2.59. The van der Waals surface area contributed by atoms with E-state index in [1.165, 1.54) is 0 Å². The van der Waals surface area contributed by atoms with Gasteiger partial charge >= 0.3 is 11.9 Å². The maximum atomic E-state index is 12.1. The second-order valence-electron chi connectivity index (χ2n) is 5.67. The Morgan fingerprint density at radius 2 is 1.25 bits per heavy atom. The van der Waals surface area contributed by atoms with Gasteiger partial charge in [-0.15, -0.1) is 0 Å². The number of epoxide rings is 2. The number of ether oxygens (including phenoxy) is 4. The number of rotatable bonds is 6. The molecule has 20 heavy (non-hydrogen) atoms. The van der Waals surface area contributed by atoms with E-state index in [9.17, 15) is 9.59 Å². The molecule has 3 rings (SSSR count). The highest BCUT2D eigenvalue weighted by molar-refractivity contribution is 5.82. The molecule has 0 unspecified atom stereocenters. The van der Waals surface area contributed by atoms with Gasteiger partial charge in [-0.1, -0.05) is 12.8 Å². The van der Waals surface area contributed by atoms with Crippen LogP contribution in [0.1, 0.15) is 25.7 Å². The third-order valence-electron chi connectivity index (χ3n) is 4.00. The summed E-state index contributed by atoms with van der Waals surface area (Å²) in [4.78, 5) is 24.2. The van der Waals surface area contributed by atoms with Crippen LogP contribution in [-0.2, 0) is 28.5 Å². The lowest BCUT2D eigenvalue weighted by atomic mass is 9.79. The summed E-state index contributed by atoms with van der Waals surface area (Å²) in [5.74, 6) is -1.31. The highest BCUT2D eigenvalue weighted by Gasteiger charge is 2.39. The summed E-state index contributed by atoms with van der Waals surface area (Å²) in [6, 6.07) is 0. The van der Waals surface area contributed by atoms with Crippen LogP contribution in [0.3, 0.4) is 0 Å². The van der Waals surface area contributed by atoms with Crippen molar-refractivity contribution in [2.45, 2.75) is 37.9 Å². The summed E-state index contributed by atoms with van der Waals surface area (Å²) in [5, 5.41) is 0. The first kappa shape index (κ1) is 13.8. The van der Waals surface area contributed by atoms with Crippen LogP contribution in [0.2, 0.25) is 0 Å². The van der Waals surface area contributed by atoms with Gasteiger partial charge in [-0.05, 0) is 12.8 Å². The lowest BCUT2D eigenvalue weighted by Crippen LogP contribution is -2.35. The van der Waals surface area contributed by atoms with E-state index in [0.717, 1.165) is 12.8 Å². The summed E-state index contributed by atoms with van der Waals surface area (Å²) in [7, 11) is 0. The highest BCUT2D eigenvalue weighted by Crippen LogP contribution is 2.32. The highest BCUT2D eigenvalue weighted by atomic mass is 16.6. The van der Waals surface area contributed by atoms with E-state index < -0.39 is 0 Å². The van der Waals surface area contributed by atoms with Gasteiger partial charge in [-0.2, -0.15) is 0 Å². The molecule has 2 saturated heterocycles. The molecule has 0 spiro atoms. The van der Waals surface area contributed by atoms with E-state index in [2.05, 4.69) is 0 Å². The average molecular weight is 284 g/mol. The van der Waals surface area contributed by atoms with Crippen LogP contribution >= 0.6 is 0 Å². The molecule has 0 aromatic rings. The van der Waals surface area contributed by atoms with Crippen molar-refractivity contribution >= 4 is 11.9 Å². The molecule has 0 aromatic heterocycles. The van der Waals surface area contributed by atoms with Gasteiger partial charge in [0.05, 0.1) is 25.0 Å². The molecule has 112 valence electrons. The van der Waals surface area contributed by atoms with E-state index in [4.69, 9.17) is 18.9 Å². The number of hydrogen-bond donors (Lipinski definition) is 0. The first-order valence-corrected chi connectivity index (χ1v) is 7.30. The van der Waals surface area contributed by atoms with Crippen molar-refractivity contribution in [2.24, 2.45) is 11.8 Å². The van der Waals surface area contributed by atoms with Gasteiger partial charge in [0.2, 0.25) is 0 Å². The first-order valence-electron chi connectivity index (χ1n) is 7.30. The Hall–Kier alpha value is -1.14. The molecule has 0 bridgehead atoms. The number of esters is 2. The second kappa shape index (κ2) is 6.10. The molecular weight excluding hydrogens is 264 g/mol. The van der Waals surface area contributed by atoms with Gasteiger partial charge in [-0.3, -0.25) is 9.59 Å². The molecule has 2 aliphatic heterocycles. The fraction of sp³-hybridized carbons (Fsp3) is 0.857. The summed E-state index contributed by atoms with van der Waals surface area (Å²) in [5.41, 5.74) is 0. The van der Waals surface area contributed by atoms with Gasteiger partial charge in [0.1, 0.15) is 25.4 Å². The molecular formula is C14H20O6. The Morgan fingerprint density at radius 1 is 0.850 bits per heavy atom. The summed E-state index contributed by atoms with van der Waals surface area (Å²) < 4.78 is 20.5. The Balaban J connectivity index is 1.50. The van der Waals surface area contributed by atoms with E-state index in [1.54, 1.807) is 0 Å². The van der Waals surface area contributed by atoms with Crippen LogP contribution in [0.25, 0.3) is 0 Å². The minimum Gasteiger partial charge on any atom is -0.463 e. The predicted molar refractivity (Wildman–Crippen MR) is 66.8 cm³/mol. The predicted octanol–water partition coefficient (Wildman–Crippen LogP) is 0.677. The van der Waals surface area contributed by atoms with E-state index >= 15 is 0 Å². The van der Waals surface area contributed by atoms with E-state index in [0.29, 0.717) is 39.3 Å². The van der Waals surface area contributed by atoms with Crippen molar-refractivity contribution in [2.75, 3.05) is 26.4 Å². The number of carbonyl (C=O) groups excluding carboxylic acids is 2. The van der Waals surface area contributed by atoms with Crippen LogP contribution in [0.5, 0.6) is 0 Å². The molecule has 2 heterocycles. The topological polar surface area (TPSA) is 77.7 Å². The lowest BCUT2D eigenvalue weighted by molar-refractivity contribution is -0.163. The molecule has 3 fully saturated rings. The Morgan fingerprint density at radius 3 is 1.60 bits per heavy atom. The molecule has 4 atom stereocenters. The lowest BCUT2D eigenvalue weighted by Gasteiger charge is -2.28. The van der Waals surface area contributed by atoms with Gasteiger partial charge in [0, 0.05) is 0 Å². The Labute approximate surface area is 117 Å².